The van der Waals surface area contributed by atoms with Crippen LogP contribution in [0.25, 0.3) is 0 Å². The molecule has 0 bridgehead atoms. The Kier molecular flexibility index (Phi) is 3.82. The van der Waals surface area contributed by atoms with Crippen molar-refractivity contribution >= 4 is 5.97 Å². The first-order valence-electron chi connectivity index (χ1n) is 3.36. The summed E-state index contributed by atoms with van der Waals surface area (Å²) in [7, 11) is 1.56. The van der Waals surface area contributed by atoms with Crippen LogP contribution >= 0.6 is 0 Å². The predicted octanol–water partition coefficient (Wildman–Crippen LogP) is 1.14. The summed E-state index contributed by atoms with van der Waals surface area (Å²) in [6.07, 6.45) is 1.14. The van der Waals surface area contributed by atoms with E-state index in [0.29, 0.717) is 6.61 Å². The van der Waals surface area contributed by atoms with Gasteiger partial charge in [-0.1, -0.05) is 6.58 Å². The van der Waals surface area contributed by atoms with E-state index in [1.165, 1.54) is 0 Å². The Morgan fingerprint density at radius 3 is 2.55 bits per heavy atom. The molecule has 0 saturated heterocycles. The SMILES string of the molecule is C=CC(=O)OC(C)(C)COC. The minimum atomic E-state index is -0.569. The molecule has 0 aliphatic heterocycles. The maximum absolute atomic E-state index is 10.7. The molecule has 0 rings (SSSR count). The van der Waals surface area contributed by atoms with Gasteiger partial charge in [0.25, 0.3) is 0 Å². The van der Waals surface area contributed by atoms with Gasteiger partial charge in [0.1, 0.15) is 5.60 Å². The van der Waals surface area contributed by atoms with Crippen LogP contribution in [-0.4, -0.2) is 25.3 Å². The van der Waals surface area contributed by atoms with Gasteiger partial charge in [-0.25, -0.2) is 4.79 Å². The quantitative estimate of drug-likeness (QED) is 0.454. The van der Waals surface area contributed by atoms with E-state index in [-0.39, 0.29) is 0 Å². The van der Waals surface area contributed by atoms with Crippen molar-refractivity contribution in [3.63, 3.8) is 0 Å². The molecule has 0 aliphatic rings. The van der Waals surface area contributed by atoms with Crippen LogP contribution in [0.3, 0.4) is 0 Å². The average Bonchev–Trinajstić information content (AvgIpc) is 1.86. The lowest BCUT2D eigenvalue weighted by Gasteiger charge is -2.22. The van der Waals surface area contributed by atoms with Crippen molar-refractivity contribution in [1.29, 1.82) is 0 Å². The molecule has 0 spiro atoms. The third kappa shape index (κ3) is 4.56. The molecule has 0 radical (unpaired) electrons. The molecule has 0 saturated carbocycles. The van der Waals surface area contributed by atoms with Gasteiger partial charge >= 0.3 is 5.97 Å². The van der Waals surface area contributed by atoms with Crippen molar-refractivity contribution in [3.8, 4) is 0 Å². The maximum atomic E-state index is 10.7. The van der Waals surface area contributed by atoms with Crippen LogP contribution in [0.15, 0.2) is 12.7 Å². The highest BCUT2D eigenvalue weighted by Gasteiger charge is 2.20. The molecule has 0 N–H and O–H groups in total. The second-order valence-electron chi connectivity index (χ2n) is 2.82. The van der Waals surface area contributed by atoms with Crippen molar-refractivity contribution in [2.24, 2.45) is 0 Å². The number of esters is 1. The van der Waals surface area contributed by atoms with E-state index in [9.17, 15) is 4.79 Å². The molecule has 3 nitrogen and oxygen atoms in total. The van der Waals surface area contributed by atoms with Gasteiger partial charge in [0.2, 0.25) is 0 Å². The summed E-state index contributed by atoms with van der Waals surface area (Å²) < 4.78 is 9.79. The summed E-state index contributed by atoms with van der Waals surface area (Å²) in [6, 6.07) is 0. The number of methoxy groups -OCH3 is 1. The second kappa shape index (κ2) is 4.13. The molecule has 0 fully saturated rings. The van der Waals surface area contributed by atoms with Crippen LogP contribution in [0.2, 0.25) is 0 Å². The Hall–Kier alpha value is -0.830. The van der Waals surface area contributed by atoms with Gasteiger partial charge in [0.05, 0.1) is 6.61 Å². The van der Waals surface area contributed by atoms with Crippen LogP contribution in [0, 0.1) is 0 Å². The van der Waals surface area contributed by atoms with Gasteiger partial charge in [-0.05, 0) is 13.8 Å². The molecule has 0 amide bonds. The molecule has 0 aliphatic carbocycles. The number of ether oxygens (including phenoxy) is 2. The smallest absolute Gasteiger partial charge is 0.330 e. The molecule has 0 heterocycles. The monoisotopic (exact) mass is 158 g/mol. The highest BCUT2D eigenvalue weighted by atomic mass is 16.6. The second-order valence-corrected chi connectivity index (χ2v) is 2.82. The Labute approximate surface area is 67.0 Å². The number of rotatable bonds is 4. The summed E-state index contributed by atoms with van der Waals surface area (Å²) in [4.78, 5) is 10.7. The van der Waals surface area contributed by atoms with E-state index < -0.39 is 11.6 Å². The fraction of sp³-hybridized carbons (Fsp3) is 0.625. The molecule has 0 aromatic rings. The summed E-state index contributed by atoms with van der Waals surface area (Å²) in [5, 5.41) is 0. The third-order valence-corrected chi connectivity index (χ3v) is 1.04. The molecule has 64 valence electrons. The van der Waals surface area contributed by atoms with E-state index >= 15 is 0 Å². The molecular weight excluding hydrogens is 144 g/mol. The summed E-state index contributed by atoms with van der Waals surface area (Å²) in [6.45, 7) is 7.22. The lowest BCUT2D eigenvalue weighted by atomic mass is 10.1. The number of carbonyl (C=O) groups excluding carboxylic acids is 1. The molecule has 11 heavy (non-hydrogen) atoms. The standard InChI is InChI=1S/C8H14O3/c1-5-7(9)11-8(2,3)6-10-4/h5H,1,6H2,2-4H3. The first-order chi connectivity index (χ1) is 5.02. The van der Waals surface area contributed by atoms with Gasteiger partial charge in [-0.15, -0.1) is 0 Å². The first kappa shape index (κ1) is 10.2. The van der Waals surface area contributed by atoms with Gasteiger partial charge in [0.15, 0.2) is 0 Å². The van der Waals surface area contributed by atoms with Gasteiger partial charge < -0.3 is 9.47 Å². The summed E-state index contributed by atoms with van der Waals surface area (Å²) in [5.74, 6) is -0.424. The molecule has 0 aromatic heterocycles. The van der Waals surface area contributed by atoms with Crippen molar-refractivity contribution in [3.05, 3.63) is 12.7 Å². The molecule has 0 aromatic carbocycles. The lowest BCUT2D eigenvalue weighted by molar-refractivity contribution is -0.154. The van der Waals surface area contributed by atoms with Crippen LogP contribution in [-0.2, 0) is 14.3 Å². The minimum absolute atomic E-state index is 0.382. The fourth-order valence-corrected chi connectivity index (χ4v) is 0.691. The number of hydrogen-bond acceptors (Lipinski definition) is 3. The maximum Gasteiger partial charge on any atom is 0.330 e. The van der Waals surface area contributed by atoms with Crippen molar-refractivity contribution < 1.29 is 14.3 Å². The zero-order valence-corrected chi connectivity index (χ0v) is 7.22. The normalized spacial score (nSPS) is 10.8. The van der Waals surface area contributed by atoms with Crippen LogP contribution in [0.1, 0.15) is 13.8 Å². The van der Waals surface area contributed by atoms with E-state index in [1.54, 1.807) is 21.0 Å². The zero-order valence-electron chi connectivity index (χ0n) is 7.22. The van der Waals surface area contributed by atoms with Crippen LogP contribution in [0.5, 0.6) is 0 Å². The minimum Gasteiger partial charge on any atom is -0.454 e. The highest BCUT2D eigenvalue weighted by molar-refractivity contribution is 5.81. The fourth-order valence-electron chi connectivity index (χ4n) is 0.691. The van der Waals surface area contributed by atoms with E-state index in [0.717, 1.165) is 6.08 Å². The van der Waals surface area contributed by atoms with Crippen LogP contribution in [0.4, 0.5) is 0 Å². The first-order valence-corrected chi connectivity index (χ1v) is 3.36. The predicted molar refractivity (Wildman–Crippen MR) is 42.2 cm³/mol. The number of carbonyl (C=O) groups is 1. The van der Waals surface area contributed by atoms with Crippen molar-refractivity contribution in [2.45, 2.75) is 19.4 Å². The lowest BCUT2D eigenvalue weighted by Crippen LogP contribution is -2.32. The van der Waals surface area contributed by atoms with Crippen molar-refractivity contribution in [1.82, 2.24) is 0 Å². The Morgan fingerprint density at radius 1 is 1.64 bits per heavy atom. The molecule has 3 heteroatoms. The summed E-state index contributed by atoms with van der Waals surface area (Å²) in [5.41, 5.74) is -0.569. The molecular formula is C8H14O3. The molecule has 0 unspecified atom stereocenters. The van der Waals surface area contributed by atoms with Gasteiger partial charge in [0, 0.05) is 13.2 Å². The Bertz CT molecular complexity index is 149. The topological polar surface area (TPSA) is 35.5 Å². The molecule has 0 atom stereocenters. The highest BCUT2D eigenvalue weighted by Crippen LogP contribution is 2.09. The van der Waals surface area contributed by atoms with Gasteiger partial charge in [-0.2, -0.15) is 0 Å². The number of hydrogen-bond donors (Lipinski definition) is 0. The zero-order chi connectivity index (χ0) is 8.91. The average molecular weight is 158 g/mol. The Morgan fingerprint density at radius 2 is 2.18 bits per heavy atom. The third-order valence-electron chi connectivity index (χ3n) is 1.04. The Balaban J connectivity index is 3.89. The summed E-state index contributed by atoms with van der Waals surface area (Å²) >= 11 is 0. The van der Waals surface area contributed by atoms with E-state index in [1.807, 2.05) is 0 Å². The van der Waals surface area contributed by atoms with Crippen LogP contribution < -0.4 is 0 Å². The van der Waals surface area contributed by atoms with E-state index in [2.05, 4.69) is 6.58 Å². The van der Waals surface area contributed by atoms with Gasteiger partial charge in [-0.3, -0.25) is 0 Å². The van der Waals surface area contributed by atoms with E-state index in [4.69, 9.17) is 9.47 Å². The largest absolute Gasteiger partial charge is 0.454 e. The van der Waals surface area contributed by atoms with Crippen molar-refractivity contribution in [2.75, 3.05) is 13.7 Å².